The van der Waals surface area contributed by atoms with E-state index < -0.39 is 5.60 Å². The fourth-order valence-electron chi connectivity index (χ4n) is 7.89. The molecule has 3 saturated carbocycles. The summed E-state index contributed by atoms with van der Waals surface area (Å²) in [4.78, 5) is 24.3. The SMILES string of the molecule is CCCn1cc([C@]2(OC(C)=O)CCC3C4CCC5=CC(=O)CC[C@@H]5C4CC[C@@]32C)nn1. The zero-order chi connectivity index (χ0) is 21.8. The third-order valence-corrected chi connectivity index (χ3v) is 9.14. The van der Waals surface area contributed by atoms with Gasteiger partial charge >= 0.3 is 5.97 Å². The fraction of sp³-hybridized carbons (Fsp3) is 0.760. The van der Waals surface area contributed by atoms with E-state index in [9.17, 15) is 9.59 Å². The molecule has 1 aromatic rings. The Bertz CT molecular complexity index is 921. The molecule has 3 fully saturated rings. The van der Waals surface area contributed by atoms with Crippen molar-refractivity contribution >= 4 is 11.8 Å². The molecule has 6 atom stereocenters. The molecule has 31 heavy (non-hydrogen) atoms. The molecule has 1 heterocycles. The van der Waals surface area contributed by atoms with Gasteiger partial charge in [0.05, 0.1) is 6.20 Å². The van der Waals surface area contributed by atoms with E-state index in [1.165, 1.54) is 12.5 Å². The maximum absolute atomic E-state index is 12.3. The van der Waals surface area contributed by atoms with Crippen LogP contribution in [-0.2, 0) is 26.5 Å². The maximum atomic E-state index is 12.3. The van der Waals surface area contributed by atoms with Gasteiger partial charge in [-0.15, -0.1) is 5.10 Å². The van der Waals surface area contributed by atoms with E-state index in [0.717, 1.165) is 63.6 Å². The molecule has 0 bridgehead atoms. The van der Waals surface area contributed by atoms with Crippen LogP contribution in [0.4, 0.5) is 0 Å². The minimum atomic E-state index is -0.681. The zero-order valence-electron chi connectivity index (χ0n) is 19.1. The minimum Gasteiger partial charge on any atom is -0.452 e. The highest BCUT2D eigenvalue weighted by Gasteiger charge is 2.66. The Hall–Kier alpha value is -1.98. The first kappa shape index (κ1) is 20.9. The van der Waals surface area contributed by atoms with E-state index in [-0.39, 0.29) is 11.4 Å². The molecule has 3 unspecified atom stereocenters. The number of rotatable bonds is 4. The molecule has 4 aliphatic carbocycles. The number of hydrogen-bond acceptors (Lipinski definition) is 5. The predicted molar refractivity (Wildman–Crippen MR) is 116 cm³/mol. The molecular formula is C25H35N3O3. The number of aryl methyl sites for hydroxylation is 1. The molecule has 5 rings (SSSR count). The first-order valence-electron chi connectivity index (χ1n) is 12.2. The number of fused-ring (bicyclic) bond motifs is 5. The van der Waals surface area contributed by atoms with Gasteiger partial charge in [-0.2, -0.15) is 0 Å². The normalized spacial score (nSPS) is 39.3. The molecule has 0 aliphatic heterocycles. The van der Waals surface area contributed by atoms with Gasteiger partial charge in [0.1, 0.15) is 5.69 Å². The fourth-order valence-corrected chi connectivity index (χ4v) is 7.89. The first-order chi connectivity index (χ1) is 14.9. The van der Waals surface area contributed by atoms with Crippen molar-refractivity contribution in [2.45, 2.75) is 90.7 Å². The lowest BCUT2D eigenvalue weighted by Crippen LogP contribution is -2.53. The lowest BCUT2D eigenvalue weighted by atomic mass is 9.50. The summed E-state index contributed by atoms with van der Waals surface area (Å²) in [7, 11) is 0. The van der Waals surface area contributed by atoms with E-state index >= 15 is 0 Å². The van der Waals surface area contributed by atoms with Gasteiger partial charge in [-0.25, -0.2) is 0 Å². The summed E-state index contributed by atoms with van der Waals surface area (Å²) in [6.45, 7) is 6.82. The largest absolute Gasteiger partial charge is 0.452 e. The first-order valence-corrected chi connectivity index (χ1v) is 12.2. The summed E-state index contributed by atoms with van der Waals surface area (Å²) < 4.78 is 8.13. The van der Waals surface area contributed by atoms with E-state index in [1.807, 2.05) is 17.0 Å². The van der Waals surface area contributed by atoms with Crippen LogP contribution in [0.1, 0.15) is 84.3 Å². The van der Waals surface area contributed by atoms with Crippen molar-refractivity contribution in [3.63, 3.8) is 0 Å². The van der Waals surface area contributed by atoms with Gasteiger partial charge in [0.25, 0.3) is 0 Å². The molecule has 0 aromatic carbocycles. The van der Waals surface area contributed by atoms with Gasteiger partial charge in [-0.1, -0.05) is 24.6 Å². The number of nitrogens with zero attached hydrogens (tertiary/aromatic N) is 3. The molecule has 0 saturated heterocycles. The Kier molecular flexibility index (Phi) is 5.10. The van der Waals surface area contributed by atoms with Crippen LogP contribution >= 0.6 is 0 Å². The summed E-state index contributed by atoms with van der Waals surface area (Å²) in [5, 5.41) is 8.90. The summed E-state index contributed by atoms with van der Waals surface area (Å²) in [6.07, 6.45) is 13.0. The number of ether oxygens (including phenoxy) is 1. The summed E-state index contributed by atoms with van der Waals surface area (Å²) in [5.74, 6) is 2.48. The van der Waals surface area contributed by atoms with Crippen molar-refractivity contribution in [2.75, 3.05) is 0 Å². The third-order valence-electron chi connectivity index (χ3n) is 9.14. The van der Waals surface area contributed by atoms with Gasteiger partial charge < -0.3 is 4.74 Å². The molecule has 6 heteroatoms. The number of ketones is 1. The van der Waals surface area contributed by atoms with Crippen molar-refractivity contribution < 1.29 is 14.3 Å². The Morgan fingerprint density at radius 3 is 2.81 bits per heavy atom. The third kappa shape index (κ3) is 3.12. The van der Waals surface area contributed by atoms with E-state index in [2.05, 4.69) is 24.2 Å². The average Bonchev–Trinajstić information content (AvgIpc) is 3.31. The van der Waals surface area contributed by atoms with Crippen molar-refractivity contribution in [3.8, 4) is 0 Å². The molecule has 0 spiro atoms. The van der Waals surface area contributed by atoms with Crippen molar-refractivity contribution in [3.05, 3.63) is 23.5 Å². The Labute approximate surface area is 184 Å². The zero-order valence-corrected chi connectivity index (χ0v) is 19.1. The lowest BCUT2D eigenvalue weighted by Gasteiger charge is -2.55. The van der Waals surface area contributed by atoms with Crippen molar-refractivity contribution in [2.24, 2.45) is 29.1 Å². The lowest BCUT2D eigenvalue weighted by molar-refractivity contribution is -0.184. The maximum Gasteiger partial charge on any atom is 0.303 e. The highest BCUT2D eigenvalue weighted by molar-refractivity contribution is 5.91. The minimum absolute atomic E-state index is 0.126. The topological polar surface area (TPSA) is 74.1 Å². The van der Waals surface area contributed by atoms with Crippen LogP contribution < -0.4 is 0 Å². The number of allylic oxidation sites excluding steroid dienone is 1. The van der Waals surface area contributed by atoms with Gasteiger partial charge in [-0.3, -0.25) is 14.3 Å². The Morgan fingerprint density at radius 1 is 1.19 bits per heavy atom. The Morgan fingerprint density at radius 2 is 2.03 bits per heavy atom. The molecule has 4 aliphatic rings. The molecule has 0 radical (unpaired) electrons. The number of hydrogen-bond donors (Lipinski definition) is 0. The van der Waals surface area contributed by atoms with Crippen LogP contribution in [0.5, 0.6) is 0 Å². The van der Waals surface area contributed by atoms with Gasteiger partial charge in [0.15, 0.2) is 11.4 Å². The molecule has 1 aromatic heterocycles. The number of aromatic nitrogens is 3. The second kappa shape index (κ2) is 7.56. The quantitative estimate of drug-likeness (QED) is 0.660. The highest BCUT2D eigenvalue weighted by atomic mass is 16.6. The van der Waals surface area contributed by atoms with Crippen LogP contribution in [0.25, 0.3) is 0 Å². The Balaban J connectivity index is 1.50. The smallest absolute Gasteiger partial charge is 0.303 e. The molecule has 0 amide bonds. The second-order valence-corrected chi connectivity index (χ2v) is 10.6. The van der Waals surface area contributed by atoms with Crippen LogP contribution in [0.2, 0.25) is 0 Å². The molecular weight excluding hydrogens is 390 g/mol. The summed E-state index contributed by atoms with van der Waals surface area (Å²) in [6, 6.07) is 0. The standard InChI is InChI=1S/C25H35N3O3/c1-4-13-28-15-23(26-27-28)25(31-16(2)29)12-10-22-21-7-5-17-14-18(30)6-8-19(17)20(21)9-11-24(22,25)3/h14-15,19-22H,4-13H2,1-3H3/t19-,20?,21?,22?,24-,25+/m0/s1. The predicted octanol–water partition coefficient (Wildman–Crippen LogP) is 4.59. The molecule has 168 valence electrons. The van der Waals surface area contributed by atoms with Crippen LogP contribution in [0.3, 0.4) is 0 Å². The van der Waals surface area contributed by atoms with E-state index in [1.54, 1.807) is 0 Å². The summed E-state index contributed by atoms with van der Waals surface area (Å²) >= 11 is 0. The average molecular weight is 426 g/mol. The monoisotopic (exact) mass is 425 g/mol. The number of carbonyl (C=O) groups is 2. The van der Waals surface area contributed by atoms with E-state index in [4.69, 9.17) is 4.74 Å². The molecule has 6 nitrogen and oxygen atoms in total. The second-order valence-electron chi connectivity index (χ2n) is 10.6. The van der Waals surface area contributed by atoms with Crippen LogP contribution in [-0.4, -0.2) is 26.7 Å². The number of esters is 1. The highest BCUT2D eigenvalue weighted by Crippen LogP contribution is 2.68. The van der Waals surface area contributed by atoms with Crippen LogP contribution in [0, 0.1) is 29.1 Å². The summed E-state index contributed by atoms with van der Waals surface area (Å²) in [5.41, 5.74) is 1.43. The molecule has 0 N–H and O–H groups in total. The van der Waals surface area contributed by atoms with Crippen molar-refractivity contribution in [1.29, 1.82) is 0 Å². The number of carbonyl (C=O) groups excluding carboxylic acids is 2. The van der Waals surface area contributed by atoms with E-state index in [0.29, 0.717) is 35.9 Å². The van der Waals surface area contributed by atoms with Gasteiger partial charge in [0, 0.05) is 25.3 Å². The van der Waals surface area contributed by atoms with Crippen LogP contribution in [0.15, 0.2) is 17.8 Å². The van der Waals surface area contributed by atoms with Crippen molar-refractivity contribution in [1.82, 2.24) is 15.0 Å². The van der Waals surface area contributed by atoms with Gasteiger partial charge in [-0.05, 0) is 81.1 Å². The van der Waals surface area contributed by atoms with Gasteiger partial charge in [0.2, 0.25) is 0 Å².